The fraction of sp³-hybridized carbons (Fsp3) is 0.560. The van der Waals surface area contributed by atoms with Gasteiger partial charge in [-0.15, -0.1) is 0 Å². The molecule has 0 aliphatic heterocycles. The zero-order valence-electron chi connectivity index (χ0n) is 33.6. The Bertz CT molecular complexity index is 1470. The molecule has 0 radical (unpaired) electrons. The van der Waals surface area contributed by atoms with Gasteiger partial charge in [0, 0.05) is 23.5 Å². The zero-order chi connectivity index (χ0) is 36.8. The Morgan fingerprint density at radius 2 is 0.887 bits per heavy atom. The second-order valence-corrected chi connectivity index (χ2v) is 16.7. The molecule has 0 bridgehead atoms. The van der Waals surface area contributed by atoms with Crippen LogP contribution in [0.15, 0.2) is 85.2 Å². The van der Waals surface area contributed by atoms with Crippen molar-refractivity contribution in [3.05, 3.63) is 107 Å². The summed E-state index contributed by atoms with van der Waals surface area (Å²) in [6.07, 6.45) is 27.1. The van der Waals surface area contributed by atoms with Crippen molar-refractivity contribution in [1.29, 1.82) is 0 Å². The van der Waals surface area contributed by atoms with Crippen molar-refractivity contribution < 1.29 is 4.74 Å². The summed E-state index contributed by atoms with van der Waals surface area (Å²) in [5.41, 5.74) is 9.82. The van der Waals surface area contributed by atoms with Gasteiger partial charge in [0.25, 0.3) is 0 Å². The molecule has 53 heavy (non-hydrogen) atoms. The van der Waals surface area contributed by atoms with Crippen LogP contribution in [-0.4, -0.2) is 9.97 Å². The molecule has 2 fully saturated rings. The van der Waals surface area contributed by atoms with Gasteiger partial charge in [0.2, 0.25) is 0 Å². The van der Waals surface area contributed by atoms with Crippen LogP contribution in [0.2, 0.25) is 0 Å². The molecule has 0 amide bonds. The molecular weight excluding hydrogens is 645 g/mol. The molecular formula is C50H68N2O. The highest BCUT2D eigenvalue weighted by Gasteiger charge is 2.35. The first kappa shape index (κ1) is 39.4. The summed E-state index contributed by atoms with van der Waals surface area (Å²) >= 11 is 0. The average Bonchev–Trinajstić information content (AvgIpc) is 3.21. The molecule has 0 saturated heterocycles. The number of hydrogen-bond acceptors (Lipinski definition) is 3. The first-order valence-corrected chi connectivity index (χ1v) is 21.8. The predicted molar refractivity (Wildman–Crippen MR) is 224 cm³/mol. The van der Waals surface area contributed by atoms with Gasteiger partial charge in [-0.25, -0.2) is 0 Å². The van der Waals surface area contributed by atoms with E-state index in [4.69, 9.17) is 14.7 Å². The van der Waals surface area contributed by atoms with Crippen molar-refractivity contribution in [3.63, 3.8) is 0 Å². The number of aromatic nitrogens is 2. The highest BCUT2D eigenvalue weighted by atomic mass is 16.5. The Morgan fingerprint density at radius 3 is 1.21 bits per heavy atom. The third kappa shape index (κ3) is 10.9. The summed E-state index contributed by atoms with van der Waals surface area (Å²) in [4.78, 5) is 9.74. The Kier molecular flexibility index (Phi) is 15.2. The van der Waals surface area contributed by atoms with Crippen LogP contribution in [0, 0.1) is 23.7 Å². The van der Waals surface area contributed by atoms with E-state index < -0.39 is 0 Å². The summed E-state index contributed by atoms with van der Waals surface area (Å²) in [7, 11) is 0. The minimum atomic E-state index is 0.0892. The fourth-order valence-corrected chi connectivity index (χ4v) is 9.39. The smallest absolute Gasteiger partial charge is 0.0861 e. The number of hydrogen-bond donors (Lipinski definition) is 0. The van der Waals surface area contributed by atoms with Gasteiger partial charge < -0.3 is 4.74 Å². The zero-order valence-corrected chi connectivity index (χ0v) is 33.6. The summed E-state index contributed by atoms with van der Waals surface area (Å²) in [5, 5.41) is 0. The van der Waals surface area contributed by atoms with Crippen LogP contribution < -0.4 is 0 Å². The van der Waals surface area contributed by atoms with E-state index in [0.29, 0.717) is 11.8 Å². The number of pyridine rings is 2. The van der Waals surface area contributed by atoms with E-state index in [0.717, 1.165) is 36.1 Å². The second kappa shape index (κ2) is 20.4. The van der Waals surface area contributed by atoms with E-state index in [-0.39, 0.29) is 12.2 Å². The van der Waals surface area contributed by atoms with Gasteiger partial charge in [0.05, 0.1) is 23.6 Å². The highest BCUT2D eigenvalue weighted by molar-refractivity contribution is 5.60. The number of rotatable bonds is 18. The van der Waals surface area contributed by atoms with Crippen LogP contribution >= 0.6 is 0 Å². The largest absolute Gasteiger partial charge is 0.365 e. The molecule has 2 heterocycles. The molecule has 0 spiro atoms. The molecule has 3 nitrogen and oxygen atoms in total. The third-order valence-electron chi connectivity index (χ3n) is 12.7. The summed E-state index contributed by atoms with van der Waals surface area (Å²) in [6, 6.07) is 27.5. The van der Waals surface area contributed by atoms with E-state index in [1.165, 1.54) is 136 Å². The lowest BCUT2D eigenvalue weighted by atomic mass is 9.75. The standard InChI is InChI=1S/C50H68N2O/c1-5-9-13-39-19-33-47(51-35-39)41-25-29-45(30-26-41)49(43-21-15-37(11-7-3)16-22-43)53-50(44-23-17-38(12-8-4)18-24-44)46-31-27-42(28-32-46)48-34-20-40(36-52-48)14-10-6-2/h19-20,25-38,43-44,49-50H,5-18,21-24H2,1-4H3/t37-,38-,43-,44-,49?,50?. The van der Waals surface area contributed by atoms with Crippen molar-refractivity contribution in [1.82, 2.24) is 9.97 Å². The fourth-order valence-electron chi connectivity index (χ4n) is 9.39. The minimum absolute atomic E-state index is 0.0892. The van der Waals surface area contributed by atoms with Crippen molar-refractivity contribution in [2.24, 2.45) is 23.7 Å². The molecule has 284 valence electrons. The molecule has 2 aromatic carbocycles. The van der Waals surface area contributed by atoms with Crippen molar-refractivity contribution in [2.75, 3.05) is 0 Å². The van der Waals surface area contributed by atoms with Gasteiger partial charge in [-0.2, -0.15) is 0 Å². The number of ether oxygens (including phenoxy) is 1. The SMILES string of the molecule is CCCCc1ccc(-c2ccc(C(OC(c3ccc(-c4ccc(CCCC)cn4)cc3)[C@H]3CC[C@H](CCC)CC3)[C@H]3CC[C@H](CCC)CC3)cc2)nc1. The molecule has 2 saturated carbocycles. The topological polar surface area (TPSA) is 35.0 Å². The van der Waals surface area contributed by atoms with Crippen molar-refractivity contribution in [3.8, 4) is 22.5 Å². The van der Waals surface area contributed by atoms with Gasteiger partial charge in [-0.1, -0.05) is 153 Å². The number of benzene rings is 2. The minimum Gasteiger partial charge on any atom is -0.365 e. The van der Waals surface area contributed by atoms with E-state index in [1.807, 2.05) is 0 Å². The second-order valence-electron chi connectivity index (χ2n) is 16.7. The van der Waals surface area contributed by atoms with E-state index in [1.54, 1.807) is 0 Å². The summed E-state index contributed by atoms with van der Waals surface area (Å²) in [6.45, 7) is 9.19. The Balaban J connectivity index is 1.27. The van der Waals surface area contributed by atoms with Crippen LogP contribution in [0.3, 0.4) is 0 Å². The lowest BCUT2D eigenvalue weighted by Gasteiger charge is -2.40. The number of aryl methyl sites for hydroxylation is 2. The van der Waals surface area contributed by atoms with E-state index in [9.17, 15) is 0 Å². The summed E-state index contributed by atoms with van der Waals surface area (Å²) < 4.78 is 7.66. The van der Waals surface area contributed by atoms with Crippen LogP contribution in [0.1, 0.15) is 165 Å². The molecule has 2 atom stereocenters. The first-order valence-electron chi connectivity index (χ1n) is 21.8. The molecule has 2 aromatic heterocycles. The van der Waals surface area contributed by atoms with Gasteiger partial charge in [0.15, 0.2) is 0 Å². The molecule has 2 unspecified atom stereocenters. The van der Waals surface area contributed by atoms with E-state index in [2.05, 4.69) is 113 Å². The van der Waals surface area contributed by atoms with Crippen molar-refractivity contribution >= 4 is 0 Å². The Labute approximate surface area is 322 Å². The lowest BCUT2D eigenvalue weighted by Crippen LogP contribution is -2.28. The highest BCUT2D eigenvalue weighted by Crippen LogP contribution is 2.47. The number of nitrogens with zero attached hydrogens (tertiary/aromatic N) is 2. The Morgan fingerprint density at radius 1 is 0.491 bits per heavy atom. The molecule has 0 N–H and O–H groups in total. The van der Waals surface area contributed by atoms with Gasteiger partial charge >= 0.3 is 0 Å². The van der Waals surface area contributed by atoms with Crippen LogP contribution in [0.4, 0.5) is 0 Å². The first-order chi connectivity index (χ1) is 26.1. The molecule has 2 aliphatic rings. The average molecular weight is 713 g/mol. The van der Waals surface area contributed by atoms with Crippen molar-refractivity contribution in [2.45, 2.75) is 155 Å². The van der Waals surface area contributed by atoms with Crippen LogP contribution in [0.25, 0.3) is 22.5 Å². The van der Waals surface area contributed by atoms with E-state index >= 15 is 0 Å². The molecule has 3 heteroatoms. The molecule has 2 aliphatic carbocycles. The quantitative estimate of drug-likeness (QED) is 0.103. The maximum absolute atomic E-state index is 7.66. The normalized spacial score (nSPS) is 21.7. The predicted octanol–water partition coefficient (Wildman–Crippen LogP) is 14.5. The van der Waals surface area contributed by atoms with Gasteiger partial charge in [-0.3, -0.25) is 9.97 Å². The molecule has 4 aromatic rings. The third-order valence-corrected chi connectivity index (χ3v) is 12.7. The number of unbranched alkanes of at least 4 members (excludes halogenated alkanes) is 2. The molecule has 6 rings (SSSR count). The monoisotopic (exact) mass is 713 g/mol. The maximum Gasteiger partial charge on any atom is 0.0861 e. The van der Waals surface area contributed by atoms with Crippen LogP contribution in [0.5, 0.6) is 0 Å². The van der Waals surface area contributed by atoms with Gasteiger partial charge in [0.1, 0.15) is 0 Å². The Hall–Kier alpha value is -3.30. The van der Waals surface area contributed by atoms with Crippen LogP contribution in [-0.2, 0) is 17.6 Å². The maximum atomic E-state index is 7.66. The summed E-state index contributed by atoms with van der Waals surface area (Å²) in [5.74, 6) is 2.83. The lowest BCUT2D eigenvalue weighted by molar-refractivity contribution is -0.0907. The van der Waals surface area contributed by atoms with Gasteiger partial charge in [-0.05, 0) is 109 Å².